The molecule has 2 rings (SSSR count). The van der Waals surface area contributed by atoms with Crippen LogP contribution in [0, 0.1) is 0 Å². The molecule has 0 atom stereocenters. The highest BCUT2D eigenvalue weighted by Gasteiger charge is 2.22. The van der Waals surface area contributed by atoms with E-state index in [2.05, 4.69) is 9.47 Å². The van der Waals surface area contributed by atoms with Crippen LogP contribution >= 0.6 is 0 Å². The molecule has 0 aliphatic heterocycles. The van der Waals surface area contributed by atoms with Crippen molar-refractivity contribution in [3.05, 3.63) is 35.4 Å². The molecule has 0 aliphatic rings. The van der Waals surface area contributed by atoms with Crippen LogP contribution < -0.4 is 0 Å². The lowest BCUT2D eigenvalue weighted by molar-refractivity contribution is -0.0172. The van der Waals surface area contributed by atoms with Crippen LogP contribution in [0.4, 0.5) is 0 Å². The van der Waals surface area contributed by atoms with E-state index >= 15 is 0 Å². The van der Waals surface area contributed by atoms with Gasteiger partial charge in [0.15, 0.2) is 0 Å². The first kappa shape index (κ1) is 17.5. The molecule has 2 aromatic rings. The van der Waals surface area contributed by atoms with Crippen molar-refractivity contribution in [3.8, 4) is 34.5 Å². The van der Waals surface area contributed by atoms with Gasteiger partial charge < -0.3 is 40.1 Å². The van der Waals surface area contributed by atoms with Gasteiger partial charge in [0.1, 0.15) is 45.6 Å². The summed E-state index contributed by atoms with van der Waals surface area (Å²) in [4.78, 5) is 23.5. The number of carbonyl (C=O) groups excluding carboxylic acids is 2. The molecule has 132 valence electrons. The van der Waals surface area contributed by atoms with Gasteiger partial charge in [0.05, 0.1) is 0 Å². The molecule has 0 amide bonds. The predicted octanol–water partition coefficient (Wildman–Crippen LogP) is 0.891. The number of hydrogen-bond acceptors (Lipinski definition) is 10. The second-order valence-corrected chi connectivity index (χ2v) is 4.70. The Hall–Kier alpha value is -3.82. The summed E-state index contributed by atoms with van der Waals surface area (Å²) in [5.74, 6) is -6.55. The molecule has 0 unspecified atom stereocenters. The van der Waals surface area contributed by atoms with Crippen molar-refractivity contribution in [2.24, 2.45) is 0 Å². The zero-order valence-corrected chi connectivity index (χ0v) is 12.3. The van der Waals surface area contributed by atoms with Crippen LogP contribution in [-0.4, -0.2) is 49.4 Å². The molecular formula is C15H12O10. The molecule has 0 fully saturated rings. The number of hydrogen-bond donors (Lipinski definition) is 6. The number of phenols is 6. The summed E-state index contributed by atoms with van der Waals surface area (Å²) in [5, 5.41) is 56.3. The molecule has 0 bridgehead atoms. The van der Waals surface area contributed by atoms with Crippen molar-refractivity contribution in [3.63, 3.8) is 0 Å². The average molecular weight is 352 g/mol. The topological polar surface area (TPSA) is 174 Å². The number of rotatable bonds is 4. The largest absolute Gasteiger partial charge is 0.508 e. The summed E-state index contributed by atoms with van der Waals surface area (Å²) in [6.45, 7) is -0.975. The first-order valence-electron chi connectivity index (χ1n) is 6.54. The number of aromatic hydroxyl groups is 6. The van der Waals surface area contributed by atoms with E-state index in [0.29, 0.717) is 0 Å². The summed E-state index contributed by atoms with van der Waals surface area (Å²) in [6, 6.07) is 3.15. The van der Waals surface area contributed by atoms with Crippen LogP contribution in [0.2, 0.25) is 0 Å². The summed E-state index contributed by atoms with van der Waals surface area (Å²) in [7, 11) is 0. The van der Waals surface area contributed by atoms with Crippen LogP contribution in [0.1, 0.15) is 20.7 Å². The first-order valence-corrected chi connectivity index (χ1v) is 6.54. The zero-order valence-electron chi connectivity index (χ0n) is 12.3. The Bertz CT molecular complexity index is 727. The lowest BCUT2D eigenvalue weighted by Gasteiger charge is -2.10. The van der Waals surface area contributed by atoms with Crippen molar-refractivity contribution in [1.82, 2.24) is 0 Å². The van der Waals surface area contributed by atoms with Crippen molar-refractivity contribution in [1.29, 1.82) is 0 Å². The molecule has 0 saturated carbocycles. The summed E-state index contributed by atoms with van der Waals surface area (Å²) < 4.78 is 9.06. The highest BCUT2D eigenvalue weighted by atomic mass is 16.7. The van der Waals surface area contributed by atoms with E-state index in [1.54, 1.807) is 0 Å². The van der Waals surface area contributed by atoms with Crippen LogP contribution in [0.3, 0.4) is 0 Å². The third-order valence-electron chi connectivity index (χ3n) is 2.95. The monoisotopic (exact) mass is 352 g/mol. The molecule has 0 aromatic heterocycles. The minimum atomic E-state index is -1.26. The third-order valence-corrected chi connectivity index (χ3v) is 2.95. The smallest absolute Gasteiger partial charge is 0.348 e. The maximum Gasteiger partial charge on any atom is 0.348 e. The van der Waals surface area contributed by atoms with Gasteiger partial charge >= 0.3 is 11.9 Å². The maximum absolute atomic E-state index is 11.7. The molecule has 2 aromatic carbocycles. The molecule has 10 nitrogen and oxygen atoms in total. The SMILES string of the molecule is O=C(OCOC(=O)c1c(O)cc(O)cc1O)c1c(O)cc(O)cc1O. The van der Waals surface area contributed by atoms with Crippen LogP contribution in [0.15, 0.2) is 24.3 Å². The Morgan fingerprint density at radius 2 is 0.920 bits per heavy atom. The van der Waals surface area contributed by atoms with E-state index in [1.807, 2.05) is 0 Å². The Kier molecular flexibility index (Phi) is 4.73. The second-order valence-electron chi connectivity index (χ2n) is 4.70. The van der Waals surface area contributed by atoms with Gasteiger partial charge in [0.2, 0.25) is 6.79 Å². The van der Waals surface area contributed by atoms with Crippen molar-refractivity contribution >= 4 is 11.9 Å². The minimum absolute atomic E-state index is 0.490. The minimum Gasteiger partial charge on any atom is -0.508 e. The third kappa shape index (κ3) is 3.75. The van der Waals surface area contributed by atoms with Gasteiger partial charge in [0.25, 0.3) is 0 Å². The lowest BCUT2D eigenvalue weighted by Crippen LogP contribution is -2.13. The Balaban J connectivity index is 2.04. The van der Waals surface area contributed by atoms with Gasteiger partial charge in [-0.2, -0.15) is 0 Å². The Morgan fingerprint density at radius 1 is 0.640 bits per heavy atom. The molecular weight excluding hydrogens is 340 g/mol. The van der Waals surface area contributed by atoms with Gasteiger partial charge in [-0.1, -0.05) is 0 Å². The van der Waals surface area contributed by atoms with E-state index in [1.165, 1.54) is 0 Å². The first-order chi connectivity index (χ1) is 11.7. The lowest BCUT2D eigenvalue weighted by atomic mass is 10.1. The van der Waals surface area contributed by atoms with E-state index in [-0.39, 0.29) is 0 Å². The summed E-state index contributed by atoms with van der Waals surface area (Å²) in [5.41, 5.74) is -1.33. The molecule has 25 heavy (non-hydrogen) atoms. The zero-order chi connectivity index (χ0) is 18.7. The van der Waals surface area contributed by atoms with Crippen molar-refractivity contribution in [2.75, 3.05) is 6.79 Å². The van der Waals surface area contributed by atoms with E-state index < -0.39 is 64.4 Å². The van der Waals surface area contributed by atoms with Crippen molar-refractivity contribution in [2.45, 2.75) is 0 Å². The van der Waals surface area contributed by atoms with E-state index in [9.17, 15) is 30.0 Å². The van der Waals surface area contributed by atoms with Crippen LogP contribution in [-0.2, 0) is 9.47 Å². The molecule has 0 radical (unpaired) electrons. The quantitative estimate of drug-likeness (QED) is 0.342. The fraction of sp³-hybridized carbons (Fsp3) is 0.0667. The molecule has 6 N–H and O–H groups in total. The fourth-order valence-electron chi connectivity index (χ4n) is 1.89. The molecule has 0 spiro atoms. The summed E-state index contributed by atoms with van der Waals surface area (Å²) >= 11 is 0. The number of ether oxygens (including phenoxy) is 2. The van der Waals surface area contributed by atoms with Gasteiger partial charge in [-0.3, -0.25) is 0 Å². The Labute approximate surface area is 139 Å². The number of esters is 2. The molecule has 10 heteroatoms. The van der Waals surface area contributed by atoms with Gasteiger partial charge in [-0.25, -0.2) is 9.59 Å². The van der Waals surface area contributed by atoms with E-state index in [4.69, 9.17) is 10.2 Å². The Morgan fingerprint density at radius 3 is 1.20 bits per heavy atom. The standard InChI is InChI=1S/C15H12O10/c16-6-1-8(18)12(9(19)2-6)14(22)24-5-25-15(23)13-10(20)3-7(17)4-11(13)21/h1-4,16-21H,5H2. The number of benzene rings is 2. The average Bonchev–Trinajstić information content (AvgIpc) is 2.44. The number of phenolic OH excluding ortho intramolecular Hbond substituents is 6. The highest BCUT2D eigenvalue weighted by Crippen LogP contribution is 2.33. The van der Waals surface area contributed by atoms with Gasteiger partial charge in [-0.05, 0) is 0 Å². The van der Waals surface area contributed by atoms with Gasteiger partial charge in [-0.15, -0.1) is 0 Å². The predicted molar refractivity (Wildman–Crippen MR) is 78.6 cm³/mol. The van der Waals surface area contributed by atoms with Gasteiger partial charge in [0, 0.05) is 24.3 Å². The molecule has 0 aliphatic carbocycles. The normalized spacial score (nSPS) is 10.2. The number of carbonyl (C=O) groups is 2. The van der Waals surface area contributed by atoms with Crippen LogP contribution in [0.25, 0.3) is 0 Å². The van der Waals surface area contributed by atoms with E-state index in [0.717, 1.165) is 24.3 Å². The fourth-order valence-corrected chi connectivity index (χ4v) is 1.89. The second kappa shape index (κ2) is 6.74. The highest BCUT2D eigenvalue weighted by molar-refractivity contribution is 5.97. The maximum atomic E-state index is 11.7. The summed E-state index contributed by atoms with van der Waals surface area (Å²) in [6.07, 6.45) is 0. The van der Waals surface area contributed by atoms with Crippen molar-refractivity contribution < 1.29 is 49.7 Å². The van der Waals surface area contributed by atoms with Crippen LogP contribution in [0.5, 0.6) is 34.5 Å². The molecule has 0 saturated heterocycles. The molecule has 0 heterocycles.